The van der Waals surface area contributed by atoms with E-state index in [0.29, 0.717) is 5.25 Å². The van der Waals surface area contributed by atoms with Crippen LogP contribution in [0.15, 0.2) is 12.2 Å². The highest BCUT2D eigenvalue weighted by Crippen LogP contribution is 2.32. The number of hydrogen-bond donors (Lipinski definition) is 3. The van der Waals surface area contributed by atoms with Crippen LogP contribution in [0.3, 0.4) is 0 Å². The molecule has 3 N–H and O–H groups in total. The fourth-order valence-corrected chi connectivity index (χ4v) is 3.60. The molecule has 2 aliphatic rings. The highest BCUT2D eigenvalue weighted by molar-refractivity contribution is 8.00. The molecular formula is C10H14N2O3S. The van der Waals surface area contributed by atoms with Crippen LogP contribution in [-0.4, -0.2) is 40.2 Å². The summed E-state index contributed by atoms with van der Waals surface area (Å²) in [5.74, 6) is 0.0317. The van der Waals surface area contributed by atoms with Gasteiger partial charge in [-0.25, -0.2) is 9.59 Å². The number of aliphatic carboxylic acids is 1. The van der Waals surface area contributed by atoms with Crippen LogP contribution in [0.2, 0.25) is 0 Å². The molecule has 0 spiro atoms. The first-order valence-corrected chi connectivity index (χ1v) is 6.30. The van der Waals surface area contributed by atoms with Gasteiger partial charge in [-0.2, -0.15) is 11.8 Å². The molecule has 0 aromatic carbocycles. The molecule has 0 radical (unpaired) electrons. The van der Waals surface area contributed by atoms with Gasteiger partial charge in [0.2, 0.25) is 0 Å². The van der Waals surface area contributed by atoms with Crippen molar-refractivity contribution >= 4 is 23.8 Å². The van der Waals surface area contributed by atoms with Gasteiger partial charge in [0, 0.05) is 17.1 Å². The van der Waals surface area contributed by atoms with Crippen molar-refractivity contribution in [3.63, 3.8) is 0 Å². The minimum Gasteiger partial charge on any atom is -0.478 e. The number of allylic oxidation sites excluding steroid dienone is 1. The van der Waals surface area contributed by atoms with E-state index in [1.54, 1.807) is 6.08 Å². The van der Waals surface area contributed by atoms with Crippen LogP contribution < -0.4 is 10.6 Å². The summed E-state index contributed by atoms with van der Waals surface area (Å²) >= 11 is 1.84. The predicted octanol–water partition coefficient (Wildman–Crippen LogP) is 0.573. The first kappa shape index (κ1) is 11.3. The summed E-state index contributed by atoms with van der Waals surface area (Å²) in [7, 11) is 0. The van der Waals surface area contributed by atoms with Crippen molar-refractivity contribution in [3.05, 3.63) is 12.2 Å². The molecule has 16 heavy (non-hydrogen) atoms. The smallest absolute Gasteiger partial charge is 0.327 e. The van der Waals surface area contributed by atoms with E-state index in [0.717, 1.165) is 18.6 Å². The lowest BCUT2D eigenvalue weighted by atomic mass is 10.0. The number of hydrogen-bond acceptors (Lipinski definition) is 3. The number of rotatable bonds is 4. The molecule has 5 nitrogen and oxygen atoms in total. The zero-order chi connectivity index (χ0) is 11.5. The maximum absolute atomic E-state index is 11.1. The van der Waals surface area contributed by atoms with Gasteiger partial charge in [0.1, 0.15) is 0 Å². The lowest BCUT2D eigenvalue weighted by Crippen LogP contribution is -2.36. The molecule has 0 aromatic heterocycles. The Kier molecular flexibility index (Phi) is 3.38. The number of urea groups is 1. The second kappa shape index (κ2) is 4.78. The van der Waals surface area contributed by atoms with E-state index in [1.807, 2.05) is 11.8 Å². The van der Waals surface area contributed by atoms with Crippen LogP contribution in [-0.2, 0) is 4.79 Å². The number of carboxylic acids is 1. The maximum Gasteiger partial charge on any atom is 0.327 e. The lowest BCUT2D eigenvalue weighted by molar-refractivity contribution is -0.131. The fraction of sp³-hybridized carbons (Fsp3) is 0.600. The van der Waals surface area contributed by atoms with E-state index in [2.05, 4.69) is 10.6 Å². The van der Waals surface area contributed by atoms with Crippen molar-refractivity contribution in [3.8, 4) is 0 Å². The quantitative estimate of drug-likeness (QED) is 0.497. The van der Waals surface area contributed by atoms with Gasteiger partial charge in [0.15, 0.2) is 0 Å². The van der Waals surface area contributed by atoms with Crippen molar-refractivity contribution < 1.29 is 14.7 Å². The minimum atomic E-state index is -0.909. The summed E-state index contributed by atoms with van der Waals surface area (Å²) in [6.45, 7) is 0. The summed E-state index contributed by atoms with van der Waals surface area (Å²) in [4.78, 5) is 21.4. The molecule has 2 rings (SSSR count). The molecule has 3 atom stereocenters. The summed E-state index contributed by atoms with van der Waals surface area (Å²) < 4.78 is 0. The van der Waals surface area contributed by atoms with E-state index in [1.165, 1.54) is 6.08 Å². The van der Waals surface area contributed by atoms with Gasteiger partial charge in [-0.05, 0) is 12.8 Å². The van der Waals surface area contributed by atoms with Gasteiger partial charge in [0.25, 0.3) is 0 Å². The minimum absolute atomic E-state index is 0.0821. The Morgan fingerprint density at radius 1 is 1.56 bits per heavy atom. The number of amides is 2. The van der Waals surface area contributed by atoms with Gasteiger partial charge in [0.05, 0.1) is 12.1 Å². The second-order valence-electron chi connectivity index (χ2n) is 3.94. The average Bonchev–Trinajstić information content (AvgIpc) is 2.72. The summed E-state index contributed by atoms with van der Waals surface area (Å²) in [5, 5.41) is 14.6. The number of nitrogens with one attached hydrogen (secondary N) is 2. The normalized spacial score (nSPS) is 32.5. The van der Waals surface area contributed by atoms with Gasteiger partial charge < -0.3 is 15.7 Å². The summed E-state index contributed by atoms with van der Waals surface area (Å²) in [6, 6.07) is 0.364. The SMILES string of the molecule is O=C(O)C=CCCC1SCC2NC(=O)NC21. The molecule has 2 fully saturated rings. The summed E-state index contributed by atoms with van der Waals surface area (Å²) in [6.07, 6.45) is 4.48. The molecule has 2 saturated heterocycles. The van der Waals surface area contributed by atoms with Crippen LogP contribution in [0.5, 0.6) is 0 Å². The number of thioether (sulfide) groups is 1. The van der Waals surface area contributed by atoms with E-state index < -0.39 is 5.97 Å². The molecule has 2 heterocycles. The lowest BCUT2D eigenvalue weighted by Gasteiger charge is -2.15. The monoisotopic (exact) mass is 242 g/mol. The highest BCUT2D eigenvalue weighted by atomic mass is 32.2. The molecule has 2 amide bonds. The largest absolute Gasteiger partial charge is 0.478 e. The third-order valence-corrected chi connectivity index (χ3v) is 4.33. The molecule has 0 saturated carbocycles. The zero-order valence-corrected chi connectivity index (χ0v) is 9.50. The van der Waals surface area contributed by atoms with Gasteiger partial charge in [-0.15, -0.1) is 0 Å². The number of fused-ring (bicyclic) bond motifs is 1. The molecule has 0 aromatic rings. The van der Waals surface area contributed by atoms with Crippen LogP contribution >= 0.6 is 11.8 Å². The third-order valence-electron chi connectivity index (χ3n) is 2.82. The third kappa shape index (κ3) is 2.49. The number of carbonyl (C=O) groups is 2. The Labute approximate surface area is 97.7 Å². The molecule has 6 heteroatoms. The molecule has 88 valence electrons. The zero-order valence-electron chi connectivity index (χ0n) is 8.68. The Bertz CT molecular complexity index is 332. The van der Waals surface area contributed by atoms with Crippen LogP contribution in [0.25, 0.3) is 0 Å². The Balaban J connectivity index is 1.78. The Morgan fingerprint density at radius 3 is 3.12 bits per heavy atom. The Morgan fingerprint density at radius 2 is 2.38 bits per heavy atom. The van der Waals surface area contributed by atoms with Crippen molar-refractivity contribution in [1.29, 1.82) is 0 Å². The van der Waals surface area contributed by atoms with Crippen molar-refractivity contribution in [2.75, 3.05) is 5.75 Å². The molecule has 0 aliphatic carbocycles. The topological polar surface area (TPSA) is 78.4 Å². The van der Waals surface area contributed by atoms with Crippen molar-refractivity contribution in [1.82, 2.24) is 10.6 Å². The second-order valence-corrected chi connectivity index (χ2v) is 5.21. The summed E-state index contributed by atoms with van der Waals surface area (Å²) in [5.41, 5.74) is 0. The highest BCUT2D eigenvalue weighted by Gasteiger charge is 2.42. The molecular weight excluding hydrogens is 228 g/mol. The van der Waals surface area contributed by atoms with Gasteiger partial charge in [-0.3, -0.25) is 0 Å². The molecule has 0 bridgehead atoms. The van der Waals surface area contributed by atoms with Gasteiger partial charge in [-0.1, -0.05) is 6.08 Å². The van der Waals surface area contributed by atoms with Crippen molar-refractivity contribution in [2.45, 2.75) is 30.2 Å². The van der Waals surface area contributed by atoms with E-state index >= 15 is 0 Å². The average molecular weight is 242 g/mol. The van der Waals surface area contributed by atoms with Gasteiger partial charge >= 0.3 is 12.0 Å². The maximum atomic E-state index is 11.1. The Hall–Kier alpha value is -1.17. The standard InChI is InChI=1S/C10H14N2O3S/c13-8(14)4-2-1-3-7-9-6(5-16-7)11-10(15)12-9/h2,4,6-7,9H,1,3,5H2,(H,13,14)(H2,11,12,15). The molecule has 2 aliphatic heterocycles. The number of carboxylic acid groups (broad SMARTS) is 1. The molecule has 3 unspecified atom stereocenters. The first-order chi connectivity index (χ1) is 7.66. The number of carbonyl (C=O) groups excluding carboxylic acids is 1. The van der Waals surface area contributed by atoms with Crippen molar-refractivity contribution in [2.24, 2.45) is 0 Å². The van der Waals surface area contributed by atoms with Crippen LogP contribution in [0.4, 0.5) is 4.79 Å². The predicted molar refractivity (Wildman–Crippen MR) is 61.5 cm³/mol. The van der Waals surface area contributed by atoms with E-state index in [9.17, 15) is 9.59 Å². The fourth-order valence-electron chi connectivity index (χ4n) is 2.09. The van der Waals surface area contributed by atoms with E-state index in [4.69, 9.17) is 5.11 Å². The first-order valence-electron chi connectivity index (χ1n) is 5.25. The van der Waals surface area contributed by atoms with Crippen LogP contribution in [0.1, 0.15) is 12.8 Å². The van der Waals surface area contributed by atoms with E-state index in [-0.39, 0.29) is 18.1 Å². The van der Waals surface area contributed by atoms with Crippen LogP contribution in [0, 0.1) is 0 Å².